The highest BCUT2D eigenvalue weighted by molar-refractivity contribution is 6.42. The van der Waals surface area contributed by atoms with Crippen molar-refractivity contribution in [2.45, 2.75) is 27.2 Å². The lowest BCUT2D eigenvalue weighted by molar-refractivity contribution is 0.657. The summed E-state index contributed by atoms with van der Waals surface area (Å²) in [4.78, 5) is 0. The van der Waals surface area contributed by atoms with Crippen LogP contribution < -0.4 is 5.32 Å². The third-order valence-corrected chi connectivity index (χ3v) is 3.53. The molecule has 100 valence electrons. The first-order chi connectivity index (χ1) is 8.54. The van der Waals surface area contributed by atoms with Gasteiger partial charge in [-0.3, -0.25) is 0 Å². The molecule has 1 nitrogen and oxygen atoms in total. The Morgan fingerprint density at radius 1 is 1.28 bits per heavy atom. The number of halogens is 2. The summed E-state index contributed by atoms with van der Waals surface area (Å²) >= 11 is 11.9. The number of nitrogens with one attached hydrogen (secondary N) is 1. The molecule has 1 N–H and O–H groups in total. The summed E-state index contributed by atoms with van der Waals surface area (Å²) in [6.45, 7) is 8.55. The normalized spacial score (nSPS) is 12.2. The predicted octanol–water partition coefficient (Wildman–Crippen LogP) is 5.03. The molecule has 0 radical (unpaired) electrons. The Morgan fingerprint density at radius 2 is 2.00 bits per heavy atom. The Kier molecular flexibility index (Phi) is 6.77. The molecular weight excluding hydrogens is 265 g/mol. The summed E-state index contributed by atoms with van der Waals surface area (Å²) in [6.07, 6.45) is 3.34. The van der Waals surface area contributed by atoms with Crippen LogP contribution in [0, 0.1) is 5.92 Å². The van der Waals surface area contributed by atoms with E-state index in [0.29, 0.717) is 16.0 Å². The van der Waals surface area contributed by atoms with Gasteiger partial charge in [0.1, 0.15) is 0 Å². The van der Waals surface area contributed by atoms with Crippen molar-refractivity contribution in [2.75, 3.05) is 13.1 Å². The van der Waals surface area contributed by atoms with Crippen LogP contribution in [0.25, 0.3) is 6.08 Å². The van der Waals surface area contributed by atoms with E-state index in [1.54, 1.807) is 0 Å². The molecule has 1 aromatic carbocycles. The Morgan fingerprint density at radius 3 is 2.56 bits per heavy atom. The van der Waals surface area contributed by atoms with Gasteiger partial charge in [-0.05, 0) is 36.6 Å². The minimum Gasteiger partial charge on any atom is -0.313 e. The summed E-state index contributed by atoms with van der Waals surface area (Å²) in [7, 11) is 0. The molecule has 0 amide bonds. The Hall–Kier alpha value is -0.500. The van der Waals surface area contributed by atoms with Gasteiger partial charge in [-0.2, -0.15) is 0 Å². The zero-order chi connectivity index (χ0) is 13.5. The van der Waals surface area contributed by atoms with Crippen molar-refractivity contribution < 1.29 is 0 Å². The third-order valence-electron chi connectivity index (χ3n) is 2.79. The molecule has 3 heteroatoms. The fourth-order valence-corrected chi connectivity index (χ4v) is 1.95. The molecule has 0 bridgehead atoms. The van der Waals surface area contributed by atoms with E-state index in [1.165, 1.54) is 5.57 Å². The van der Waals surface area contributed by atoms with Crippen molar-refractivity contribution in [2.24, 2.45) is 5.92 Å². The first kappa shape index (κ1) is 15.6. The van der Waals surface area contributed by atoms with Crippen LogP contribution in [-0.2, 0) is 0 Å². The van der Waals surface area contributed by atoms with Gasteiger partial charge in [0.15, 0.2) is 0 Å². The fraction of sp³-hybridized carbons (Fsp3) is 0.467. The SMILES string of the molecule is CCCNCC(=Cc1ccc(Cl)c(Cl)c1)C(C)C. The molecule has 0 unspecified atom stereocenters. The zero-order valence-corrected chi connectivity index (χ0v) is 12.8. The predicted molar refractivity (Wildman–Crippen MR) is 82.4 cm³/mol. The van der Waals surface area contributed by atoms with Crippen molar-refractivity contribution >= 4 is 29.3 Å². The summed E-state index contributed by atoms with van der Waals surface area (Å²) in [5, 5.41) is 4.64. The van der Waals surface area contributed by atoms with Gasteiger partial charge in [-0.15, -0.1) is 0 Å². The second kappa shape index (κ2) is 7.83. The molecule has 0 saturated heterocycles. The maximum Gasteiger partial charge on any atom is 0.0598 e. The van der Waals surface area contributed by atoms with Crippen LogP contribution in [0.15, 0.2) is 23.8 Å². The van der Waals surface area contributed by atoms with Gasteiger partial charge in [-0.1, -0.05) is 61.7 Å². The van der Waals surface area contributed by atoms with Crippen LogP contribution >= 0.6 is 23.2 Å². The summed E-state index contributed by atoms with van der Waals surface area (Å²) < 4.78 is 0. The van der Waals surface area contributed by atoms with E-state index >= 15 is 0 Å². The Labute approximate surface area is 120 Å². The summed E-state index contributed by atoms with van der Waals surface area (Å²) in [6, 6.07) is 5.75. The fourth-order valence-electron chi connectivity index (χ4n) is 1.65. The van der Waals surface area contributed by atoms with E-state index in [-0.39, 0.29) is 0 Å². The summed E-state index contributed by atoms with van der Waals surface area (Å²) in [5.41, 5.74) is 2.48. The van der Waals surface area contributed by atoms with Gasteiger partial charge in [0.2, 0.25) is 0 Å². The molecular formula is C15H21Cl2N. The average molecular weight is 286 g/mol. The topological polar surface area (TPSA) is 12.0 Å². The van der Waals surface area contributed by atoms with E-state index in [9.17, 15) is 0 Å². The second-order valence-electron chi connectivity index (χ2n) is 4.72. The molecule has 1 rings (SSSR count). The van der Waals surface area contributed by atoms with Crippen molar-refractivity contribution in [3.63, 3.8) is 0 Å². The highest BCUT2D eigenvalue weighted by Crippen LogP contribution is 2.24. The van der Waals surface area contributed by atoms with Gasteiger partial charge in [0.25, 0.3) is 0 Å². The molecule has 0 atom stereocenters. The number of rotatable bonds is 6. The van der Waals surface area contributed by atoms with Gasteiger partial charge >= 0.3 is 0 Å². The van der Waals surface area contributed by atoms with Crippen molar-refractivity contribution in [1.29, 1.82) is 0 Å². The molecule has 0 fully saturated rings. The van der Waals surface area contributed by atoms with Crippen molar-refractivity contribution in [1.82, 2.24) is 5.32 Å². The van der Waals surface area contributed by atoms with Gasteiger partial charge < -0.3 is 5.32 Å². The molecule has 0 aliphatic heterocycles. The first-order valence-electron chi connectivity index (χ1n) is 6.40. The van der Waals surface area contributed by atoms with Gasteiger partial charge in [0, 0.05) is 6.54 Å². The molecule has 0 heterocycles. The quantitative estimate of drug-likeness (QED) is 0.723. The first-order valence-corrected chi connectivity index (χ1v) is 7.16. The van der Waals surface area contributed by atoms with Crippen molar-refractivity contribution in [3.05, 3.63) is 39.4 Å². The van der Waals surface area contributed by atoms with Crippen LogP contribution in [0.4, 0.5) is 0 Å². The monoisotopic (exact) mass is 285 g/mol. The van der Waals surface area contributed by atoms with Gasteiger partial charge in [-0.25, -0.2) is 0 Å². The lowest BCUT2D eigenvalue weighted by Gasteiger charge is -2.13. The van der Waals surface area contributed by atoms with E-state index in [1.807, 2.05) is 18.2 Å². The molecule has 1 aromatic rings. The Bertz CT molecular complexity index is 411. The molecule has 0 aromatic heterocycles. The smallest absolute Gasteiger partial charge is 0.0598 e. The van der Waals surface area contributed by atoms with Crippen LogP contribution in [-0.4, -0.2) is 13.1 Å². The molecule has 0 spiro atoms. The highest BCUT2D eigenvalue weighted by atomic mass is 35.5. The largest absolute Gasteiger partial charge is 0.313 e. The van der Waals surface area contributed by atoms with E-state index in [2.05, 4.69) is 32.2 Å². The van der Waals surface area contributed by atoms with Crippen LogP contribution in [0.3, 0.4) is 0 Å². The number of hydrogen-bond donors (Lipinski definition) is 1. The summed E-state index contributed by atoms with van der Waals surface area (Å²) in [5.74, 6) is 0.517. The molecule has 18 heavy (non-hydrogen) atoms. The Balaban J connectivity index is 2.83. The molecule has 0 aliphatic carbocycles. The lowest BCUT2D eigenvalue weighted by Crippen LogP contribution is -2.19. The second-order valence-corrected chi connectivity index (χ2v) is 5.54. The maximum atomic E-state index is 6.03. The maximum absolute atomic E-state index is 6.03. The standard InChI is InChI=1S/C15H21Cl2N/c1-4-7-18-10-13(11(2)3)8-12-5-6-14(16)15(17)9-12/h5-6,8-9,11,18H,4,7,10H2,1-3H3. The van der Waals surface area contributed by atoms with E-state index in [4.69, 9.17) is 23.2 Å². The highest BCUT2D eigenvalue weighted by Gasteiger charge is 2.04. The molecule has 0 aliphatic rings. The van der Waals surface area contributed by atoms with Gasteiger partial charge in [0.05, 0.1) is 10.0 Å². The number of hydrogen-bond acceptors (Lipinski definition) is 1. The van der Waals surface area contributed by atoms with Crippen LogP contribution in [0.1, 0.15) is 32.8 Å². The zero-order valence-electron chi connectivity index (χ0n) is 11.3. The van der Waals surface area contributed by atoms with E-state index < -0.39 is 0 Å². The lowest BCUT2D eigenvalue weighted by atomic mass is 10.00. The van der Waals surface area contributed by atoms with Crippen LogP contribution in [0.5, 0.6) is 0 Å². The van der Waals surface area contributed by atoms with Crippen LogP contribution in [0.2, 0.25) is 10.0 Å². The minimum absolute atomic E-state index is 0.517. The minimum atomic E-state index is 0.517. The van der Waals surface area contributed by atoms with Crippen molar-refractivity contribution in [3.8, 4) is 0 Å². The number of benzene rings is 1. The average Bonchev–Trinajstić information content (AvgIpc) is 2.32. The third kappa shape index (κ3) is 5.01. The van der Waals surface area contributed by atoms with E-state index in [0.717, 1.165) is 25.1 Å². The molecule has 0 saturated carbocycles.